The molecular formula is C15H22N4O2. The molecule has 0 spiro atoms. The average molecular weight is 290 g/mol. The Bertz CT molecular complexity index is 495. The molecule has 1 aromatic rings. The highest BCUT2D eigenvalue weighted by atomic mass is 16.2. The second-order valence-corrected chi connectivity index (χ2v) is 5.27. The van der Waals surface area contributed by atoms with Gasteiger partial charge in [0.25, 0.3) is 5.91 Å². The van der Waals surface area contributed by atoms with Gasteiger partial charge in [0.15, 0.2) is 0 Å². The molecule has 0 N–H and O–H groups in total. The molecule has 2 amide bonds. The molecule has 0 aliphatic carbocycles. The second-order valence-electron chi connectivity index (χ2n) is 5.27. The highest BCUT2D eigenvalue weighted by Gasteiger charge is 2.21. The number of hydrogen-bond acceptors (Lipinski definition) is 4. The van der Waals surface area contributed by atoms with Crippen molar-refractivity contribution in [2.45, 2.75) is 33.1 Å². The van der Waals surface area contributed by atoms with Gasteiger partial charge in [-0.25, -0.2) is 4.98 Å². The molecule has 6 nitrogen and oxygen atoms in total. The lowest BCUT2D eigenvalue weighted by Crippen LogP contribution is -2.36. The molecule has 1 aliphatic rings. The lowest BCUT2D eigenvalue weighted by molar-refractivity contribution is -0.130. The lowest BCUT2D eigenvalue weighted by Gasteiger charge is -2.22. The van der Waals surface area contributed by atoms with Crippen LogP contribution in [0.3, 0.4) is 0 Å². The SMILES string of the molecule is CCN(CCC(=O)N1CCCC1)C(=O)c1cnc(C)cn1. The van der Waals surface area contributed by atoms with Crippen LogP contribution in [0.5, 0.6) is 0 Å². The van der Waals surface area contributed by atoms with Gasteiger partial charge in [0.2, 0.25) is 5.91 Å². The van der Waals surface area contributed by atoms with E-state index < -0.39 is 0 Å². The summed E-state index contributed by atoms with van der Waals surface area (Å²) < 4.78 is 0. The van der Waals surface area contributed by atoms with Crippen LogP contribution in [0.4, 0.5) is 0 Å². The summed E-state index contributed by atoms with van der Waals surface area (Å²) in [4.78, 5) is 36.1. The van der Waals surface area contributed by atoms with E-state index in [4.69, 9.17) is 0 Å². The summed E-state index contributed by atoms with van der Waals surface area (Å²) in [6.07, 6.45) is 5.61. The molecule has 1 aliphatic heterocycles. The number of nitrogens with zero attached hydrogens (tertiary/aromatic N) is 4. The number of amides is 2. The molecule has 0 radical (unpaired) electrons. The zero-order valence-electron chi connectivity index (χ0n) is 12.7. The van der Waals surface area contributed by atoms with Crippen LogP contribution in [0.15, 0.2) is 12.4 Å². The number of aromatic nitrogens is 2. The molecule has 0 bridgehead atoms. The summed E-state index contributed by atoms with van der Waals surface area (Å²) in [6, 6.07) is 0. The van der Waals surface area contributed by atoms with Gasteiger partial charge in [-0.1, -0.05) is 0 Å². The standard InChI is InChI=1S/C15H22N4O2/c1-3-18(9-6-14(20)19-7-4-5-8-19)15(21)13-11-16-12(2)10-17-13/h10-11H,3-9H2,1-2H3. The summed E-state index contributed by atoms with van der Waals surface area (Å²) >= 11 is 0. The van der Waals surface area contributed by atoms with Crippen molar-refractivity contribution < 1.29 is 9.59 Å². The van der Waals surface area contributed by atoms with Crippen LogP contribution in [-0.4, -0.2) is 57.8 Å². The van der Waals surface area contributed by atoms with Gasteiger partial charge in [-0.2, -0.15) is 0 Å². The monoisotopic (exact) mass is 290 g/mol. The molecule has 2 rings (SSSR count). The van der Waals surface area contributed by atoms with Crippen LogP contribution in [0.1, 0.15) is 42.4 Å². The number of rotatable bonds is 5. The molecule has 0 aromatic carbocycles. The Labute approximate surface area is 125 Å². The fourth-order valence-electron chi connectivity index (χ4n) is 2.42. The van der Waals surface area contributed by atoms with Crippen molar-refractivity contribution in [1.29, 1.82) is 0 Å². The molecule has 21 heavy (non-hydrogen) atoms. The van der Waals surface area contributed by atoms with E-state index in [1.54, 1.807) is 11.1 Å². The van der Waals surface area contributed by atoms with E-state index in [2.05, 4.69) is 9.97 Å². The van der Waals surface area contributed by atoms with E-state index in [1.165, 1.54) is 6.20 Å². The fourth-order valence-corrected chi connectivity index (χ4v) is 2.42. The molecule has 114 valence electrons. The Morgan fingerprint density at radius 3 is 2.52 bits per heavy atom. The van der Waals surface area contributed by atoms with Gasteiger partial charge in [-0.3, -0.25) is 14.6 Å². The third kappa shape index (κ3) is 4.00. The summed E-state index contributed by atoms with van der Waals surface area (Å²) in [5, 5.41) is 0. The Balaban J connectivity index is 1.91. The van der Waals surface area contributed by atoms with Gasteiger partial charge >= 0.3 is 0 Å². The Morgan fingerprint density at radius 2 is 1.95 bits per heavy atom. The maximum Gasteiger partial charge on any atom is 0.274 e. The van der Waals surface area contributed by atoms with Crippen molar-refractivity contribution in [2.75, 3.05) is 26.2 Å². The normalized spacial score (nSPS) is 14.3. The molecule has 1 aromatic heterocycles. The molecule has 2 heterocycles. The van der Waals surface area contributed by atoms with Crippen molar-refractivity contribution in [1.82, 2.24) is 19.8 Å². The number of aryl methyl sites for hydroxylation is 1. The van der Waals surface area contributed by atoms with E-state index in [0.717, 1.165) is 31.6 Å². The predicted octanol–water partition coefficient (Wildman–Crippen LogP) is 1.26. The maximum atomic E-state index is 12.3. The summed E-state index contributed by atoms with van der Waals surface area (Å²) in [5.74, 6) is -0.0343. The predicted molar refractivity (Wildman–Crippen MR) is 78.8 cm³/mol. The average Bonchev–Trinajstić information content (AvgIpc) is 3.02. The molecule has 1 fully saturated rings. The van der Waals surface area contributed by atoms with E-state index in [9.17, 15) is 9.59 Å². The molecule has 0 unspecified atom stereocenters. The first-order valence-electron chi connectivity index (χ1n) is 7.47. The maximum absolute atomic E-state index is 12.3. The quantitative estimate of drug-likeness (QED) is 0.819. The van der Waals surface area contributed by atoms with Crippen LogP contribution in [0, 0.1) is 6.92 Å². The van der Waals surface area contributed by atoms with Gasteiger partial charge < -0.3 is 9.80 Å². The third-order valence-corrected chi connectivity index (χ3v) is 3.72. The molecular weight excluding hydrogens is 268 g/mol. The van der Waals surface area contributed by atoms with Crippen LogP contribution in [0.2, 0.25) is 0 Å². The van der Waals surface area contributed by atoms with E-state index >= 15 is 0 Å². The second kappa shape index (κ2) is 7.15. The van der Waals surface area contributed by atoms with E-state index in [0.29, 0.717) is 25.2 Å². The van der Waals surface area contributed by atoms with E-state index in [1.807, 2.05) is 18.7 Å². The topological polar surface area (TPSA) is 66.4 Å². The van der Waals surface area contributed by atoms with Crippen molar-refractivity contribution in [2.24, 2.45) is 0 Å². The third-order valence-electron chi connectivity index (χ3n) is 3.72. The molecule has 0 atom stereocenters. The Hall–Kier alpha value is -1.98. The highest BCUT2D eigenvalue weighted by molar-refractivity contribution is 5.92. The zero-order valence-corrected chi connectivity index (χ0v) is 12.7. The van der Waals surface area contributed by atoms with Gasteiger partial charge in [-0.05, 0) is 26.7 Å². The molecule has 1 saturated heterocycles. The van der Waals surface area contributed by atoms with Crippen molar-refractivity contribution in [3.8, 4) is 0 Å². The minimum atomic E-state index is -0.167. The number of likely N-dealkylation sites (tertiary alicyclic amines) is 1. The van der Waals surface area contributed by atoms with Gasteiger partial charge in [-0.15, -0.1) is 0 Å². The smallest absolute Gasteiger partial charge is 0.274 e. The van der Waals surface area contributed by atoms with Crippen molar-refractivity contribution >= 4 is 11.8 Å². The summed E-state index contributed by atoms with van der Waals surface area (Å²) in [7, 11) is 0. The first kappa shape index (κ1) is 15.4. The summed E-state index contributed by atoms with van der Waals surface area (Å²) in [5.41, 5.74) is 1.11. The van der Waals surface area contributed by atoms with Crippen molar-refractivity contribution in [3.63, 3.8) is 0 Å². The first-order chi connectivity index (χ1) is 10.1. The highest BCUT2D eigenvalue weighted by Crippen LogP contribution is 2.10. The van der Waals surface area contributed by atoms with Gasteiger partial charge in [0.1, 0.15) is 5.69 Å². The number of hydrogen-bond donors (Lipinski definition) is 0. The minimum absolute atomic E-state index is 0.133. The largest absolute Gasteiger partial charge is 0.343 e. The zero-order chi connectivity index (χ0) is 15.2. The fraction of sp³-hybridized carbons (Fsp3) is 0.600. The van der Waals surface area contributed by atoms with E-state index in [-0.39, 0.29) is 11.8 Å². The van der Waals surface area contributed by atoms with Gasteiger partial charge in [0.05, 0.1) is 11.9 Å². The van der Waals surface area contributed by atoms with Gasteiger partial charge in [0, 0.05) is 38.8 Å². The van der Waals surface area contributed by atoms with Crippen molar-refractivity contribution in [3.05, 3.63) is 23.8 Å². The summed E-state index contributed by atoms with van der Waals surface area (Å²) in [6.45, 7) is 6.42. The van der Waals surface area contributed by atoms with Crippen LogP contribution in [-0.2, 0) is 4.79 Å². The number of carbonyl (C=O) groups is 2. The Morgan fingerprint density at radius 1 is 1.24 bits per heavy atom. The number of carbonyl (C=O) groups excluding carboxylic acids is 2. The Kier molecular flexibility index (Phi) is 5.25. The van der Waals surface area contributed by atoms with Crippen LogP contribution in [0.25, 0.3) is 0 Å². The lowest BCUT2D eigenvalue weighted by atomic mass is 10.3. The molecule has 0 saturated carbocycles. The van der Waals surface area contributed by atoms with Crippen LogP contribution >= 0.6 is 0 Å². The first-order valence-corrected chi connectivity index (χ1v) is 7.47. The minimum Gasteiger partial charge on any atom is -0.343 e. The molecule has 6 heteroatoms. The van der Waals surface area contributed by atoms with Crippen LogP contribution < -0.4 is 0 Å².